The normalized spacial score (nSPS) is 10.5. The predicted octanol–water partition coefficient (Wildman–Crippen LogP) is 2.25. The molecule has 3 nitrogen and oxygen atoms in total. The van der Waals surface area contributed by atoms with Crippen molar-refractivity contribution in [3.05, 3.63) is 46.8 Å². The molecular formula is C12H14N2O. The van der Waals surface area contributed by atoms with Crippen molar-refractivity contribution in [3.8, 4) is 11.3 Å². The maximum Gasteiger partial charge on any atom is 0.267 e. The van der Waals surface area contributed by atoms with E-state index in [-0.39, 0.29) is 5.56 Å². The Kier molecular flexibility index (Phi) is 2.72. The van der Waals surface area contributed by atoms with Gasteiger partial charge in [0.05, 0.1) is 5.69 Å². The number of aryl methyl sites for hydroxylation is 1. The van der Waals surface area contributed by atoms with E-state index in [9.17, 15) is 4.79 Å². The number of benzene rings is 1. The van der Waals surface area contributed by atoms with Gasteiger partial charge in [0.15, 0.2) is 0 Å². The van der Waals surface area contributed by atoms with Crippen molar-refractivity contribution in [3.63, 3.8) is 0 Å². The number of nitrogens with zero attached hydrogens (tertiary/aromatic N) is 1. The van der Waals surface area contributed by atoms with Gasteiger partial charge < -0.3 is 0 Å². The zero-order valence-electron chi connectivity index (χ0n) is 8.73. The van der Waals surface area contributed by atoms with Gasteiger partial charge in [0.1, 0.15) is 0 Å². The summed E-state index contributed by atoms with van der Waals surface area (Å²) in [5, 5.41) is 3.10. The molecule has 1 aromatic heterocycles. The van der Waals surface area contributed by atoms with E-state index in [1.807, 2.05) is 30.3 Å². The van der Waals surface area contributed by atoms with Crippen molar-refractivity contribution in [2.75, 3.05) is 0 Å². The molecule has 0 amide bonds. The van der Waals surface area contributed by atoms with E-state index in [0.29, 0.717) is 0 Å². The van der Waals surface area contributed by atoms with Crippen LogP contribution < -0.4 is 5.56 Å². The van der Waals surface area contributed by atoms with Crippen molar-refractivity contribution in [1.29, 1.82) is 0 Å². The second kappa shape index (κ2) is 4.17. The van der Waals surface area contributed by atoms with Crippen LogP contribution in [-0.2, 0) is 6.54 Å². The molecule has 0 spiro atoms. The topological polar surface area (TPSA) is 37.8 Å². The van der Waals surface area contributed by atoms with E-state index in [1.165, 1.54) is 0 Å². The Bertz CT molecular complexity index is 482. The van der Waals surface area contributed by atoms with Crippen molar-refractivity contribution in [2.24, 2.45) is 0 Å². The zero-order valence-corrected chi connectivity index (χ0v) is 8.73. The number of H-pyrrole nitrogens is 1. The van der Waals surface area contributed by atoms with E-state index in [0.717, 1.165) is 24.2 Å². The minimum Gasteiger partial charge on any atom is -0.295 e. The number of hydrogen-bond acceptors (Lipinski definition) is 1. The molecule has 1 aromatic carbocycles. The van der Waals surface area contributed by atoms with Gasteiger partial charge in [-0.2, -0.15) is 0 Å². The fourth-order valence-electron chi connectivity index (χ4n) is 1.59. The minimum atomic E-state index is 0.0377. The molecule has 0 aliphatic heterocycles. The Balaban J connectivity index is 2.39. The molecule has 3 heteroatoms. The van der Waals surface area contributed by atoms with E-state index >= 15 is 0 Å². The molecule has 1 N–H and O–H groups in total. The first kappa shape index (κ1) is 9.77. The highest BCUT2D eigenvalue weighted by atomic mass is 16.1. The maximum absolute atomic E-state index is 11.5. The van der Waals surface area contributed by atoms with Crippen LogP contribution in [0.4, 0.5) is 0 Å². The molecule has 0 bridgehead atoms. The molecule has 2 aromatic rings. The summed E-state index contributed by atoms with van der Waals surface area (Å²) >= 11 is 0. The summed E-state index contributed by atoms with van der Waals surface area (Å²) in [5.74, 6) is 0. The molecule has 0 aliphatic rings. The molecular weight excluding hydrogens is 188 g/mol. The van der Waals surface area contributed by atoms with Crippen LogP contribution in [0.2, 0.25) is 0 Å². The van der Waals surface area contributed by atoms with Crippen LogP contribution >= 0.6 is 0 Å². The third-order valence-corrected chi connectivity index (χ3v) is 2.32. The Morgan fingerprint density at radius 3 is 2.67 bits per heavy atom. The summed E-state index contributed by atoms with van der Waals surface area (Å²) < 4.78 is 1.64. The van der Waals surface area contributed by atoms with Gasteiger partial charge in [-0.1, -0.05) is 37.3 Å². The van der Waals surface area contributed by atoms with Crippen LogP contribution in [0.3, 0.4) is 0 Å². The van der Waals surface area contributed by atoms with Gasteiger partial charge in [0.25, 0.3) is 5.56 Å². The van der Waals surface area contributed by atoms with Crippen LogP contribution in [0.15, 0.2) is 41.2 Å². The molecule has 0 aliphatic carbocycles. The lowest BCUT2D eigenvalue weighted by molar-refractivity contribution is 0.587. The summed E-state index contributed by atoms with van der Waals surface area (Å²) in [6.07, 6.45) is 0.953. The van der Waals surface area contributed by atoms with E-state index in [2.05, 4.69) is 12.0 Å². The monoisotopic (exact) mass is 202 g/mol. The SMILES string of the molecule is CCCn1[nH]c(-c2ccccc2)cc1=O. The van der Waals surface area contributed by atoms with Gasteiger partial charge in [0.2, 0.25) is 0 Å². The van der Waals surface area contributed by atoms with Crippen molar-refractivity contribution >= 4 is 0 Å². The third kappa shape index (κ3) is 2.01. The van der Waals surface area contributed by atoms with Crippen molar-refractivity contribution < 1.29 is 0 Å². The number of rotatable bonds is 3. The van der Waals surface area contributed by atoms with Crippen LogP contribution in [0.1, 0.15) is 13.3 Å². The summed E-state index contributed by atoms with van der Waals surface area (Å²) in [6.45, 7) is 2.79. The number of aromatic nitrogens is 2. The lowest BCUT2D eigenvalue weighted by Crippen LogP contribution is -2.15. The molecule has 1 heterocycles. The maximum atomic E-state index is 11.5. The first-order valence-corrected chi connectivity index (χ1v) is 5.16. The highest BCUT2D eigenvalue weighted by Crippen LogP contribution is 2.13. The summed E-state index contributed by atoms with van der Waals surface area (Å²) in [5.41, 5.74) is 1.97. The zero-order chi connectivity index (χ0) is 10.7. The molecule has 0 unspecified atom stereocenters. The smallest absolute Gasteiger partial charge is 0.267 e. The van der Waals surface area contributed by atoms with Gasteiger partial charge in [-0.25, -0.2) is 0 Å². The summed E-state index contributed by atoms with van der Waals surface area (Å²) in [4.78, 5) is 11.5. The average molecular weight is 202 g/mol. The first-order valence-electron chi connectivity index (χ1n) is 5.16. The molecule has 0 saturated carbocycles. The summed E-state index contributed by atoms with van der Waals surface area (Å²) in [6, 6.07) is 11.5. The second-order valence-electron chi connectivity index (χ2n) is 3.53. The average Bonchev–Trinajstić information content (AvgIpc) is 2.63. The minimum absolute atomic E-state index is 0.0377. The molecule has 0 radical (unpaired) electrons. The van der Waals surface area contributed by atoms with Crippen LogP contribution in [-0.4, -0.2) is 9.78 Å². The molecule has 15 heavy (non-hydrogen) atoms. The standard InChI is InChI=1S/C12H14N2O/c1-2-8-14-12(15)9-11(13-14)10-6-4-3-5-7-10/h3-7,9,13H,2,8H2,1H3. The number of nitrogens with one attached hydrogen (secondary N) is 1. The predicted molar refractivity (Wildman–Crippen MR) is 60.8 cm³/mol. The van der Waals surface area contributed by atoms with E-state index in [1.54, 1.807) is 10.7 Å². The fraction of sp³-hybridized carbons (Fsp3) is 0.250. The molecule has 0 fully saturated rings. The lowest BCUT2D eigenvalue weighted by atomic mass is 10.2. The molecule has 0 atom stereocenters. The Morgan fingerprint density at radius 1 is 1.27 bits per heavy atom. The second-order valence-corrected chi connectivity index (χ2v) is 3.53. The summed E-state index contributed by atoms with van der Waals surface area (Å²) in [7, 11) is 0. The number of aromatic amines is 1. The molecule has 0 saturated heterocycles. The van der Waals surface area contributed by atoms with Gasteiger partial charge in [0, 0.05) is 12.6 Å². The Morgan fingerprint density at radius 2 is 2.00 bits per heavy atom. The Labute approximate surface area is 88.4 Å². The highest BCUT2D eigenvalue weighted by molar-refractivity contribution is 5.57. The van der Waals surface area contributed by atoms with E-state index < -0.39 is 0 Å². The first-order chi connectivity index (χ1) is 7.31. The van der Waals surface area contributed by atoms with Crippen molar-refractivity contribution in [2.45, 2.75) is 19.9 Å². The van der Waals surface area contributed by atoms with E-state index in [4.69, 9.17) is 0 Å². The van der Waals surface area contributed by atoms with Gasteiger partial charge in [-0.3, -0.25) is 14.6 Å². The molecule has 2 rings (SSSR count). The van der Waals surface area contributed by atoms with Gasteiger partial charge >= 0.3 is 0 Å². The van der Waals surface area contributed by atoms with Crippen molar-refractivity contribution in [1.82, 2.24) is 9.78 Å². The van der Waals surface area contributed by atoms with Crippen LogP contribution in [0.5, 0.6) is 0 Å². The molecule has 78 valence electrons. The van der Waals surface area contributed by atoms with Gasteiger partial charge in [-0.05, 0) is 12.0 Å². The third-order valence-electron chi connectivity index (χ3n) is 2.32. The largest absolute Gasteiger partial charge is 0.295 e. The van der Waals surface area contributed by atoms with Crippen LogP contribution in [0.25, 0.3) is 11.3 Å². The van der Waals surface area contributed by atoms with Gasteiger partial charge in [-0.15, -0.1) is 0 Å². The quantitative estimate of drug-likeness (QED) is 0.814. The number of hydrogen-bond donors (Lipinski definition) is 1. The lowest BCUT2D eigenvalue weighted by Gasteiger charge is -1.99. The Hall–Kier alpha value is -1.77. The van der Waals surface area contributed by atoms with Crippen LogP contribution in [0, 0.1) is 0 Å². The highest BCUT2D eigenvalue weighted by Gasteiger charge is 2.03. The fourth-order valence-corrected chi connectivity index (χ4v) is 1.59.